The van der Waals surface area contributed by atoms with E-state index in [4.69, 9.17) is 4.52 Å². The van der Waals surface area contributed by atoms with Crippen molar-refractivity contribution in [1.29, 1.82) is 0 Å². The summed E-state index contributed by atoms with van der Waals surface area (Å²) in [5.41, 5.74) is -0.322. The maximum Gasteiger partial charge on any atom is 0.295 e. The van der Waals surface area contributed by atoms with Crippen molar-refractivity contribution in [2.24, 2.45) is 0 Å². The van der Waals surface area contributed by atoms with Crippen molar-refractivity contribution in [2.75, 3.05) is 13.1 Å². The van der Waals surface area contributed by atoms with E-state index in [9.17, 15) is 4.79 Å². The standard InChI is InChI=1S/C14H22N4O2/c1-5-9-18(14(2,3)4)13(19)11-16-12(20-17-11)10-7-6-8-15-10/h5,10,15H,1,6-9H2,2-4H3. The average molecular weight is 278 g/mol. The SMILES string of the molecule is C=CCN(C(=O)c1noc(C2CCCN2)n1)C(C)(C)C. The topological polar surface area (TPSA) is 71.3 Å². The summed E-state index contributed by atoms with van der Waals surface area (Å²) in [6, 6.07) is 0.0755. The van der Waals surface area contributed by atoms with Crippen LogP contribution in [-0.2, 0) is 0 Å². The highest BCUT2D eigenvalue weighted by Gasteiger charge is 2.31. The molecule has 1 atom stereocenters. The average Bonchev–Trinajstić information content (AvgIpc) is 3.02. The van der Waals surface area contributed by atoms with E-state index in [2.05, 4.69) is 22.0 Å². The number of aromatic nitrogens is 2. The Labute approximate surface area is 119 Å². The van der Waals surface area contributed by atoms with Gasteiger partial charge in [-0.05, 0) is 40.2 Å². The normalized spacial score (nSPS) is 19.1. The summed E-state index contributed by atoms with van der Waals surface area (Å²) in [7, 11) is 0. The Morgan fingerprint density at radius 1 is 1.60 bits per heavy atom. The van der Waals surface area contributed by atoms with Crippen LogP contribution in [0.2, 0.25) is 0 Å². The van der Waals surface area contributed by atoms with Crippen LogP contribution >= 0.6 is 0 Å². The Balaban J connectivity index is 2.17. The van der Waals surface area contributed by atoms with E-state index in [1.165, 1.54) is 0 Å². The molecule has 1 aromatic heterocycles. The number of carbonyl (C=O) groups excluding carboxylic acids is 1. The largest absolute Gasteiger partial charge is 0.337 e. The zero-order chi connectivity index (χ0) is 14.8. The van der Waals surface area contributed by atoms with Gasteiger partial charge in [-0.1, -0.05) is 11.2 Å². The number of carbonyl (C=O) groups is 1. The Hall–Kier alpha value is -1.69. The van der Waals surface area contributed by atoms with Crippen molar-refractivity contribution in [3.63, 3.8) is 0 Å². The fraction of sp³-hybridized carbons (Fsp3) is 0.643. The third-order valence-corrected chi connectivity index (χ3v) is 3.36. The zero-order valence-corrected chi connectivity index (χ0v) is 12.3. The number of nitrogens with zero attached hydrogens (tertiary/aromatic N) is 3. The number of amides is 1. The molecule has 2 rings (SSSR count). The molecule has 110 valence electrons. The fourth-order valence-corrected chi connectivity index (χ4v) is 2.27. The number of rotatable bonds is 4. The molecule has 1 aliphatic rings. The lowest BCUT2D eigenvalue weighted by Crippen LogP contribution is -2.46. The zero-order valence-electron chi connectivity index (χ0n) is 12.3. The first-order valence-electron chi connectivity index (χ1n) is 6.93. The van der Waals surface area contributed by atoms with Gasteiger partial charge in [0.25, 0.3) is 11.7 Å². The second-order valence-corrected chi connectivity index (χ2v) is 5.98. The van der Waals surface area contributed by atoms with Crippen molar-refractivity contribution in [3.05, 3.63) is 24.4 Å². The van der Waals surface area contributed by atoms with Crippen LogP contribution in [0, 0.1) is 0 Å². The minimum atomic E-state index is -0.322. The predicted molar refractivity (Wildman–Crippen MR) is 75.3 cm³/mol. The van der Waals surface area contributed by atoms with Gasteiger partial charge in [-0.3, -0.25) is 4.79 Å². The molecule has 1 unspecified atom stereocenters. The highest BCUT2D eigenvalue weighted by atomic mass is 16.5. The molecule has 20 heavy (non-hydrogen) atoms. The molecule has 1 saturated heterocycles. The molecule has 0 saturated carbocycles. The summed E-state index contributed by atoms with van der Waals surface area (Å²) in [6.45, 7) is 11.0. The first-order valence-corrected chi connectivity index (χ1v) is 6.93. The van der Waals surface area contributed by atoms with Crippen molar-refractivity contribution in [3.8, 4) is 0 Å². The quantitative estimate of drug-likeness (QED) is 0.852. The molecule has 0 radical (unpaired) electrons. The molecule has 0 spiro atoms. The van der Waals surface area contributed by atoms with Crippen LogP contribution in [0.4, 0.5) is 0 Å². The smallest absolute Gasteiger partial charge is 0.295 e. The molecule has 2 heterocycles. The van der Waals surface area contributed by atoms with E-state index in [1.54, 1.807) is 11.0 Å². The molecule has 0 bridgehead atoms. The van der Waals surface area contributed by atoms with Crippen LogP contribution in [-0.4, -0.2) is 39.6 Å². The molecule has 1 fully saturated rings. The van der Waals surface area contributed by atoms with Crippen LogP contribution in [0.1, 0.15) is 56.2 Å². The fourth-order valence-electron chi connectivity index (χ4n) is 2.27. The maximum atomic E-state index is 12.5. The lowest BCUT2D eigenvalue weighted by atomic mass is 10.1. The van der Waals surface area contributed by atoms with Gasteiger partial charge in [-0.25, -0.2) is 0 Å². The van der Waals surface area contributed by atoms with Crippen molar-refractivity contribution < 1.29 is 9.32 Å². The van der Waals surface area contributed by atoms with Crippen LogP contribution in [0.15, 0.2) is 17.2 Å². The summed E-state index contributed by atoms with van der Waals surface area (Å²) in [6.07, 6.45) is 3.75. The molecular formula is C14H22N4O2. The third-order valence-electron chi connectivity index (χ3n) is 3.36. The summed E-state index contributed by atoms with van der Waals surface area (Å²) >= 11 is 0. The molecule has 1 amide bonds. The number of hydrogen-bond donors (Lipinski definition) is 1. The van der Waals surface area contributed by atoms with E-state index in [-0.39, 0.29) is 23.3 Å². The van der Waals surface area contributed by atoms with Gasteiger partial charge in [0.15, 0.2) is 0 Å². The highest BCUT2D eigenvalue weighted by Crippen LogP contribution is 2.22. The second kappa shape index (κ2) is 5.75. The van der Waals surface area contributed by atoms with Gasteiger partial charge < -0.3 is 14.7 Å². The van der Waals surface area contributed by atoms with Crippen molar-refractivity contribution >= 4 is 5.91 Å². The first-order chi connectivity index (χ1) is 9.43. The molecule has 0 aliphatic carbocycles. The summed E-state index contributed by atoms with van der Waals surface area (Å²) in [5.74, 6) is 0.384. The lowest BCUT2D eigenvalue weighted by molar-refractivity contribution is 0.0600. The third kappa shape index (κ3) is 3.07. The van der Waals surface area contributed by atoms with E-state index in [1.807, 2.05) is 20.8 Å². The van der Waals surface area contributed by atoms with Gasteiger partial charge in [0.05, 0.1) is 6.04 Å². The Morgan fingerprint density at radius 3 is 2.90 bits per heavy atom. The molecule has 6 nitrogen and oxygen atoms in total. The van der Waals surface area contributed by atoms with Gasteiger partial charge in [0.2, 0.25) is 5.89 Å². The molecule has 1 aromatic rings. The predicted octanol–water partition coefficient (Wildman–Crippen LogP) is 1.92. The van der Waals surface area contributed by atoms with E-state index in [0.717, 1.165) is 19.4 Å². The minimum Gasteiger partial charge on any atom is -0.337 e. The first kappa shape index (κ1) is 14.7. The Bertz CT molecular complexity index is 484. The van der Waals surface area contributed by atoms with Crippen LogP contribution in [0.3, 0.4) is 0 Å². The van der Waals surface area contributed by atoms with Gasteiger partial charge in [-0.2, -0.15) is 4.98 Å². The molecule has 6 heteroatoms. The number of nitrogens with one attached hydrogen (secondary N) is 1. The van der Waals surface area contributed by atoms with Crippen molar-refractivity contribution in [1.82, 2.24) is 20.4 Å². The summed E-state index contributed by atoms with van der Waals surface area (Å²) < 4.78 is 5.21. The monoisotopic (exact) mass is 278 g/mol. The molecular weight excluding hydrogens is 256 g/mol. The van der Waals surface area contributed by atoms with Gasteiger partial charge in [0, 0.05) is 12.1 Å². The molecule has 1 N–H and O–H groups in total. The summed E-state index contributed by atoms with van der Waals surface area (Å²) in [4.78, 5) is 18.4. The maximum absolute atomic E-state index is 12.5. The van der Waals surface area contributed by atoms with E-state index in [0.29, 0.717) is 12.4 Å². The van der Waals surface area contributed by atoms with E-state index >= 15 is 0 Å². The van der Waals surface area contributed by atoms with Crippen molar-refractivity contribution in [2.45, 2.75) is 45.2 Å². The van der Waals surface area contributed by atoms with E-state index < -0.39 is 0 Å². The molecule has 1 aliphatic heterocycles. The lowest BCUT2D eigenvalue weighted by Gasteiger charge is -2.33. The van der Waals surface area contributed by atoms with Crippen LogP contribution in [0.25, 0.3) is 0 Å². The van der Waals surface area contributed by atoms with Gasteiger partial charge >= 0.3 is 0 Å². The Kier molecular flexibility index (Phi) is 4.23. The Morgan fingerprint density at radius 2 is 2.35 bits per heavy atom. The minimum absolute atomic E-state index is 0.0755. The molecule has 0 aromatic carbocycles. The highest BCUT2D eigenvalue weighted by molar-refractivity contribution is 5.91. The second-order valence-electron chi connectivity index (χ2n) is 5.98. The number of hydrogen-bond acceptors (Lipinski definition) is 5. The van der Waals surface area contributed by atoms with Crippen LogP contribution in [0.5, 0.6) is 0 Å². The van der Waals surface area contributed by atoms with Gasteiger partial charge in [0.1, 0.15) is 0 Å². The summed E-state index contributed by atoms with van der Waals surface area (Å²) in [5, 5.41) is 7.10. The van der Waals surface area contributed by atoms with Crippen LogP contribution < -0.4 is 5.32 Å². The van der Waals surface area contributed by atoms with Gasteiger partial charge in [-0.15, -0.1) is 6.58 Å².